The molecule has 6 aromatic carbocycles. The number of fused-ring (bicyclic) bond motifs is 9. The molecule has 0 amide bonds. The quantitative estimate of drug-likeness (QED) is 0.190. The molecule has 4 heterocycles. The fourth-order valence-electron chi connectivity index (χ4n) is 8.04. The van der Waals surface area contributed by atoms with Crippen LogP contribution >= 0.6 is 0 Å². The number of para-hydroxylation sites is 4. The summed E-state index contributed by atoms with van der Waals surface area (Å²) in [5.41, 5.74) is 14.2. The van der Waals surface area contributed by atoms with Gasteiger partial charge >= 0.3 is 0 Å². The minimum atomic E-state index is 0.711. The molecule has 51 heavy (non-hydrogen) atoms. The Hall–Kier alpha value is -6.85. The van der Waals surface area contributed by atoms with Gasteiger partial charge in [-0.3, -0.25) is 0 Å². The molecule has 0 radical (unpaired) electrons. The lowest BCUT2D eigenvalue weighted by atomic mass is 10.1. The van der Waals surface area contributed by atoms with Crippen LogP contribution in [0.1, 0.15) is 11.1 Å². The largest absolute Gasteiger partial charge is 0.309 e. The number of hydrogen-bond donors (Lipinski definition) is 0. The van der Waals surface area contributed by atoms with Gasteiger partial charge in [0.15, 0.2) is 5.82 Å². The molecule has 0 saturated carbocycles. The molecule has 1 aliphatic rings. The lowest BCUT2D eigenvalue weighted by Crippen LogP contribution is -1.96. The summed E-state index contributed by atoms with van der Waals surface area (Å²) in [6.45, 7) is 0. The SMILES string of the molecule is c1ccc(-n2c3ccccc3c3cc(-c4ccc5c(n4)-c4nc(-c6ccc7c(c6)c6ccccc6n7-c6ccccc6)ncc4C5)ccc32)cc1. The Morgan fingerprint density at radius 3 is 1.59 bits per heavy atom. The van der Waals surface area contributed by atoms with E-state index < -0.39 is 0 Å². The third-order valence-corrected chi connectivity index (χ3v) is 10.4. The molecule has 4 aromatic heterocycles. The van der Waals surface area contributed by atoms with E-state index >= 15 is 0 Å². The monoisotopic (exact) mass is 651 g/mol. The Labute approximate surface area is 293 Å². The van der Waals surface area contributed by atoms with Crippen LogP contribution in [0.2, 0.25) is 0 Å². The summed E-state index contributed by atoms with van der Waals surface area (Å²) in [5, 5.41) is 4.83. The van der Waals surface area contributed by atoms with Crippen LogP contribution < -0.4 is 0 Å². The predicted octanol–water partition coefficient (Wildman–Crippen LogP) is 11.0. The molecule has 0 unspecified atom stereocenters. The molecule has 238 valence electrons. The Kier molecular flexibility index (Phi) is 5.95. The average molecular weight is 652 g/mol. The van der Waals surface area contributed by atoms with E-state index in [9.17, 15) is 0 Å². The lowest BCUT2D eigenvalue weighted by molar-refractivity contribution is 1.13. The number of nitrogens with zero attached hydrogens (tertiary/aromatic N) is 5. The van der Waals surface area contributed by atoms with Crippen LogP contribution in [0.5, 0.6) is 0 Å². The fraction of sp³-hybridized carbons (Fsp3) is 0.0217. The second-order valence-corrected chi connectivity index (χ2v) is 13.3. The first-order valence-corrected chi connectivity index (χ1v) is 17.3. The van der Waals surface area contributed by atoms with Crippen LogP contribution in [-0.2, 0) is 6.42 Å². The molecular formula is C46H29N5. The van der Waals surface area contributed by atoms with E-state index in [4.69, 9.17) is 15.0 Å². The van der Waals surface area contributed by atoms with Crippen LogP contribution in [0.25, 0.3) is 89.0 Å². The van der Waals surface area contributed by atoms with Crippen molar-refractivity contribution in [3.8, 4) is 45.4 Å². The van der Waals surface area contributed by atoms with E-state index in [1.54, 1.807) is 0 Å². The molecule has 0 saturated heterocycles. The highest BCUT2D eigenvalue weighted by Crippen LogP contribution is 2.39. The standard InChI is InChI=1S/C46H29N5/c1-3-11-33(12-4-1)50-40-17-9-7-15-35(40)37-26-29(20-23-42(37)50)39-22-19-30-25-32-28-47-46(49-45(32)44(30)48-39)31-21-24-43-38(27-31)36-16-8-10-18-41(36)51(43)34-13-5-2-6-14-34/h1-24,26-28H,25H2. The first-order valence-electron chi connectivity index (χ1n) is 17.3. The molecule has 0 N–H and O–H groups in total. The third-order valence-electron chi connectivity index (χ3n) is 10.4. The number of benzene rings is 6. The smallest absolute Gasteiger partial charge is 0.159 e. The van der Waals surface area contributed by atoms with Crippen LogP contribution in [-0.4, -0.2) is 24.1 Å². The van der Waals surface area contributed by atoms with E-state index in [-0.39, 0.29) is 0 Å². The van der Waals surface area contributed by atoms with Crippen LogP contribution in [0.15, 0.2) is 164 Å². The molecule has 0 aliphatic heterocycles. The van der Waals surface area contributed by atoms with Gasteiger partial charge < -0.3 is 9.13 Å². The lowest BCUT2D eigenvalue weighted by Gasteiger charge is -2.09. The molecule has 0 atom stereocenters. The summed E-state index contributed by atoms with van der Waals surface area (Å²) < 4.78 is 4.67. The maximum absolute atomic E-state index is 5.28. The highest BCUT2D eigenvalue weighted by molar-refractivity contribution is 6.11. The average Bonchev–Trinajstić information content (AvgIpc) is 3.85. The summed E-state index contributed by atoms with van der Waals surface area (Å²) >= 11 is 0. The summed E-state index contributed by atoms with van der Waals surface area (Å²) in [4.78, 5) is 15.4. The van der Waals surface area contributed by atoms with Crippen molar-refractivity contribution in [1.82, 2.24) is 24.1 Å². The van der Waals surface area contributed by atoms with Crippen LogP contribution in [0.3, 0.4) is 0 Å². The number of hydrogen-bond acceptors (Lipinski definition) is 3. The highest BCUT2D eigenvalue weighted by atomic mass is 15.0. The molecule has 5 heteroatoms. The van der Waals surface area contributed by atoms with Crippen molar-refractivity contribution in [2.75, 3.05) is 0 Å². The van der Waals surface area contributed by atoms with Gasteiger partial charge in [-0.15, -0.1) is 0 Å². The molecule has 0 spiro atoms. The van der Waals surface area contributed by atoms with E-state index in [1.807, 2.05) is 6.20 Å². The van der Waals surface area contributed by atoms with Gasteiger partial charge in [-0.2, -0.15) is 0 Å². The van der Waals surface area contributed by atoms with Crippen molar-refractivity contribution in [2.45, 2.75) is 6.42 Å². The molecular weight excluding hydrogens is 623 g/mol. The van der Waals surface area contributed by atoms with Gasteiger partial charge in [0.25, 0.3) is 0 Å². The Morgan fingerprint density at radius 1 is 0.412 bits per heavy atom. The second kappa shape index (κ2) is 10.8. The molecule has 1 aliphatic carbocycles. The number of pyridine rings is 1. The van der Waals surface area contributed by atoms with Gasteiger partial charge in [-0.25, -0.2) is 15.0 Å². The summed E-state index contributed by atoms with van der Waals surface area (Å²) in [5.74, 6) is 0.711. The fourth-order valence-corrected chi connectivity index (χ4v) is 8.04. The van der Waals surface area contributed by atoms with E-state index in [0.717, 1.165) is 57.1 Å². The van der Waals surface area contributed by atoms with Gasteiger partial charge in [0.05, 0.1) is 39.1 Å². The predicted molar refractivity (Wildman–Crippen MR) is 208 cm³/mol. The molecule has 11 rings (SSSR count). The molecule has 0 fully saturated rings. The van der Waals surface area contributed by atoms with Crippen molar-refractivity contribution < 1.29 is 0 Å². The van der Waals surface area contributed by atoms with Crippen LogP contribution in [0, 0.1) is 0 Å². The van der Waals surface area contributed by atoms with Gasteiger partial charge in [0.2, 0.25) is 0 Å². The number of aromatic nitrogens is 5. The zero-order valence-electron chi connectivity index (χ0n) is 27.5. The number of rotatable bonds is 4. The summed E-state index contributed by atoms with van der Waals surface area (Å²) in [6, 6.07) is 56.0. The maximum atomic E-state index is 5.28. The Bertz CT molecular complexity index is 2790. The van der Waals surface area contributed by atoms with E-state index in [1.165, 1.54) is 43.7 Å². The highest BCUT2D eigenvalue weighted by Gasteiger charge is 2.24. The first-order chi connectivity index (χ1) is 25.3. The van der Waals surface area contributed by atoms with Crippen molar-refractivity contribution in [2.24, 2.45) is 0 Å². The summed E-state index contributed by atoms with van der Waals surface area (Å²) in [7, 11) is 0. The van der Waals surface area contributed by atoms with Crippen LogP contribution in [0.4, 0.5) is 0 Å². The van der Waals surface area contributed by atoms with Gasteiger partial charge in [0.1, 0.15) is 0 Å². The van der Waals surface area contributed by atoms with E-state index in [2.05, 4.69) is 167 Å². The van der Waals surface area contributed by atoms with Crippen molar-refractivity contribution >= 4 is 43.6 Å². The zero-order valence-corrected chi connectivity index (χ0v) is 27.5. The Morgan fingerprint density at radius 2 is 0.941 bits per heavy atom. The van der Waals surface area contributed by atoms with Gasteiger partial charge in [-0.1, -0.05) is 84.9 Å². The third kappa shape index (κ3) is 4.25. The Balaban J connectivity index is 1.01. The van der Waals surface area contributed by atoms with Crippen molar-refractivity contribution in [3.05, 3.63) is 175 Å². The topological polar surface area (TPSA) is 48.5 Å². The molecule has 5 nitrogen and oxygen atoms in total. The van der Waals surface area contributed by atoms with Gasteiger partial charge in [0, 0.05) is 62.2 Å². The minimum Gasteiger partial charge on any atom is -0.309 e. The zero-order chi connectivity index (χ0) is 33.5. The van der Waals surface area contributed by atoms with Crippen molar-refractivity contribution in [3.63, 3.8) is 0 Å². The minimum absolute atomic E-state index is 0.711. The second-order valence-electron chi connectivity index (χ2n) is 13.3. The van der Waals surface area contributed by atoms with E-state index in [0.29, 0.717) is 5.82 Å². The molecule has 10 aromatic rings. The molecule has 0 bridgehead atoms. The normalized spacial score (nSPS) is 12.2. The van der Waals surface area contributed by atoms with Gasteiger partial charge in [-0.05, 0) is 78.4 Å². The van der Waals surface area contributed by atoms with Crippen molar-refractivity contribution in [1.29, 1.82) is 0 Å². The maximum Gasteiger partial charge on any atom is 0.159 e. The summed E-state index contributed by atoms with van der Waals surface area (Å²) in [6.07, 6.45) is 2.77. The first kappa shape index (κ1) is 28.0.